The largest absolute Gasteiger partial charge is 0.466 e. The molecule has 0 aliphatic rings. The molecule has 0 spiro atoms. The number of carbonyl (C=O) groups excluding carboxylic acids is 1. The molecule has 1 aromatic carbocycles. The predicted molar refractivity (Wildman–Crippen MR) is 76.8 cm³/mol. The minimum atomic E-state index is -0.324. The number of aryl methyl sites for hydroxylation is 1. The second kappa shape index (κ2) is 7.62. The van der Waals surface area contributed by atoms with E-state index in [-0.39, 0.29) is 28.9 Å². The zero-order valence-corrected chi connectivity index (χ0v) is 12.2. The Morgan fingerprint density at radius 3 is 2.65 bits per heavy atom. The first-order valence-corrected chi connectivity index (χ1v) is 6.89. The molecule has 0 atom stereocenters. The van der Waals surface area contributed by atoms with Gasteiger partial charge in [0, 0.05) is 17.5 Å². The Morgan fingerprint density at radius 2 is 2.10 bits per heavy atom. The van der Waals surface area contributed by atoms with E-state index in [1.54, 1.807) is 19.1 Å². The molecule has 0 heterocycles. The molecule has 0 bridgehead atoms. The van der Waals surface area contributed by atoms with E-state index in [0.717, 1.165) is 5.56 Å². The number of hydrogen-bond donors (Lipinski definition) is 0. The lowest BCUT2D eigenvalue weighted by Crippen LogP contribution is -2.06. The Morgan fingerprint density at radius 1 is 1.40 bits per heavy atom. The average Bonchev–Trinajstić information content (AvgIpc) is 2.38. The molecule has 1 aromatic rings. The maximum absolute atomic E-state index is 11.3. The van der Waals surface area contributed by atoms with E-state index in [1.165, 1.54) is 0 Å². The van der Waals surface area contributed by atoms with Gasteiger partial charge in [-0.3, -0.25) is 14.9 Å². The highest BCUT2D eigenvalue weighted by Gasteiger charge is 2.21. The first kappa shape index (κ1) is 16.1. The van der Waals surface area contributed by atoms with E-state index in [1.807, 2.05) is 19.9 Å². The minimum absolute atomic E-state index is 0.0976. The summed E-state index contributed by atoms with van der Waals surface area (Å²) in [6.07, 6.45) is 1.35. The van der Waals surface area contributed by atoms with E-state index < -0.39 is 0 Å². The second-order valence-electron chi connectivity index (χ2n) is 4.93. The molecule has 0 radical (unpaired) electrons. The number of rotatable bonds is 7. The number of esters is 1. The predicted octanol–water partition coefficient (Wildman–Crippen LogP) is 3.60. The van der Waals surface area contributed by atoms with Gasteiger partial charge in [0.05, 0.1) is 11.5 Å². The fraction of sp³-hybridized carbons (Fsp3) is 0.533. The van der Waals surface area contributed by atoms with Crippen molar-refractivity contribution in [1.82, 2.24) is 0 Å². The third-order valence-corrected chi connectivity index (χ3v) is 3.09. The number of carbonyl (C=O) groups is 1. The summed E-state index contributed by atoms with van der Waals surface area (Å²) in [5.74, 6) is -0.157. The molecule has 0 aromatic heterocycles. The molecule has 1 rings (SSSR count). The van der Waals surface area contributed by atoms with Gasteiger partial charge in [0.1, 0.15) is 0 Å². The van der Waals surface area contributed by atoms with Gasteiger partial charge in [-0.05, 0) is 25.7 Å². The molecule has 0 unspecified atom stereocenters. The van der Waals surface area contributed by atoms with Crippen molar-refractivity contribution in [1.29, 1.82) is 0 Å². The zero-order valence-electron chi connectivity index (χ0n) is 12.2. The van der Waals surface area contributed by atoms with Gasteiger partial charge in [0.25, 0.3) is 5.69 Å². The molecule has 0 saturated heterocycles. The van der Waals surface area contributed by atoms with Crippen LogP contribution in [0.2, 0.25) is 0 Å². The lowest BCUT2D eigenvalue weighted by atomic mass is 9.95. The van der Waals surface area contributed by atoms with Crippen molar-refractivity contribution >= 4 is 11.7 Å². The first-order chi connectivity index (χ1) is 9.47. The summed E-state index contributed by atoms with van der Waals surface area (Å²) in [4.78, 5) is 22.2. The van der Waals surface area contributed by atoms with Crippen LogP contribution in [0.25, 0.3) is 0 Å². The molecule has 5 heteroatoms. The van der Waals surface area contributed by atoms with Crippen molar-refractivity contribution in [2.75, 3.05) is 6.61 Å². The van der Waals surface area contributed by atoms with E-state index >= 15 is 0 Å². The summed E-state index contributed by atoms with van der Waals surface area (Å²) in [5, 5.41) is 11.3. The smallest absolute Gasteiger partial charge is 0.305 e. The lowest BCUT2D eigenvalue weighted by molar-refractivity contribution is -0.386. The monoisotopic (exact) mass is 279 g/mol. The normalized spacial score (nSPS) is 10.6. The molecule has 5 nitrogen and oxygen atoms in total. The molecule has 0 saturated carbocycles. The summed E-state index contributed by atoms with van der Waals surface area (Å²) >= 11 is 0. The lowest BCUT2D eigenvalue weighted by Gasteiger charge is -2.10. The van der Waals surface area contributed by atoms with Crippen LogP contribution in [0.1, 0.15) is 50.7 Å². The van der Waals surface area contributed by atoms with Gasteiger partial charge in [0.2, 0.25) is 0 Å². The summed E-state index contributed by atoms with van der Waals surface area (Å²) in [6.45, 7) is 5.99. The van der Waals surface area contributed by atoms with Gasteiger partial charge < -0.3 is 4.74 Å². The Kier molecular flexibility index (Phi) is 6.15. The van der Waals surface area contributed by atoms with Crippen molar-refractivity contribution in [2.24, 2.45) is 0 Å². The maximum atomic E-state index is 11.3. The van der Waals surface area contributed by atoms with Crippen LogP contribution in [0.15, 0.2) is 18.2 Å². The van der Waals surface area contributed by atoms with E-state index in [2.05, 4.69) is 0 Å². The van der Waals surface area contributed by atoms with Gasteiger partial charge >= 0.3 is 5.97 Å². The average molecular weight is 279 g/mol. The molecular formula is C15H21NO4. The zero-order chi connectivity index (χ0) is 15.1. The Balaban J connectivity index is 2.82. The highest BCUT2D eigenvalue weighted by atomic mass is 16.6. The molecule has 20 heavy (non-hydrogen) atoms. The van der Waals surface area contributed by atoms with E-state index in [4.69, 9.17) is 4.74 Å². The summed E-state index contributed by atoms with van der Waals surface area (Å²) in [7, 11) is 0. The second-order valence-corrected chi connectivity index (χ2v) is 4.93. The van der Waals surface area contributed by atoms with Crippen LogP contribution < -0.4 is 0 Å². The Bertz CT molecular complexity index is 483. The van der Waals surface area contributed by atoms with E-state index in [9.17, 15) is 14.9 Å². The SMILES string of the molecule is CCOC(=O)CCCc1cccc(C(C)C)c1[N+](=O)[O-]. The van der Waals surface area contributed by atoms with Crippen molar-refractivity contribution in [3.8, 4) is 0 Å². The molecule has 0 aliphatic heterocycles. The topological polar surface area (TPSA) is 69.4 Å². The van der Waals surface area contributed by atoms with Crippen LogP contribution in [0.4, 0.5) is 5.69 Å². The number of nitro benzene ring substituents is 1. The number of benzene rings is 1. The van der Waals surface area contributed by atoms with Gasteiger partial charge in [-0.15, -0.1) is 0 Å². The quantitative estimate of drug-likeness (QED) is 0.434. The highest BCUT2D eigenvalue weighted by Crippen LogP contribution is 2.30. The number of hydrogen-bond acceptors (Lipinski definition) is 4. The van der Waals surface area contributed by atoms with Crippen molar-refractivity contribution in [2.45, 2.75) is 46.0 Å². The molecule has 110 valence electrons. The van der Waals surface area contributed by atoms with Crippen LogP contribution in [0, 0.1) is 10.1 Å². The van der Waals surface area contributed by atoms with Crippen molar-refractivity contribution in [3.05, 3.63) is 39.4 Å². The third kappa shape index (κ3) is 4.33. The maximum Gasteiger partial charge on any atom is 0.305 e. The van der Waals surface area contributed by atoms with E-state index in [0.29, 0.717) is 25.0 Å². The van der Waals surface area contributed by atoms with Crippen molar-refractivity contribution in [3.63, 3.8) is 0 Å². The number of nitro groups is 1. The highest BCUT2D eigenvalue weighted by molar-refractivity contribution is 5.69. The number of para-hydroxylation sites is 1. The van der Waals surface area contributed by atoms with Gasteiger partial charge in [-0.25, -0.2) is 0 Å². The van der Waals surface area contributed by atoms with Gasteiger partial charge in [-0.2, -0.15) is 0 Å². The van der Waals surface area contributed by atoms with Crippen LogP contribution in [-0.2, 0) is 16.0 Å². The fourth-order valence-corrected chi connectivity index (χ4v) is 2.16. The molecule has 0 N–H and O–H groups in total. The van der Waals surface area contributed by atoms with Crippen molar-refractivity contribution < 1.29 is 14.5 Å². The minimum Gasteiger partial charge on any atom is -0.466 e. The molecule has 0 amide bonds. The summed E-state index contributed by atoms with van der Waals surface area (Å²) in [5.41, 5.74) is 1.61. The fourth-order valence-electron chi connectivity index (χ4n) is 2.16. The molecule has 0 fully saturated rings. The first-order valence-electron chi connectivity index (χ1n) is 6.89. The van der Waals surface area contributed by atoms with Gasteiger partial charge in [-0.1, -0.05) is 32.0 Å². The number of ether oxygens (including phenoxy) is 1. The Hall–Kier alpha value is -1.91. The Labute approximate surface area is 119 Å². The molecule has 0 aliphatic carbocycles. The van der Waals surface area contributed by atoms with Crippen LogP contribution in [0.5, 0.6) is 0 Å². The van der Waals surface area contributed by atoms with Crippen LogP contribution in [0.3, 0.4) is 0 Å². The van der Waals surface area contributed by atoms with Gasteiger partial charge in [0.15, 0.2) is 0 Å². The van der Waals surface area contributed by atoms with Crippen LogP contribution >= 0.6 is 0 Å². The third-order valence-electron chi connectivity index (χ3n) is 3.09. The number of nitrogens with zero attached hydrogens (tertiary/aromatic N) is 1. The molecular weight excluding hydrogens is 258 g/mol. The van der Waals surface area contributed by atoms with Crippen LogP contribution in [-0.4, -0.2) is 17.5 Å². The summed E-state index contributed by atoms with van der Waals surface area (Å²) in [6, 6.07) is 5.38. The summed E-state index contributed by atoms with van der Waals surface area (Å²) < 4.78 is 4.85. The standard InChI is InChI=1S/C15H21NO4/c1-4-20-14(17)10-6-8-12-7-5-9-13(11(2)3)15(12)16(18)19/h5,7,9,11H,4,6,8,10H2,1-3H3.